The molecule has 0 amide bonds. The molecule has 228 valence electrons. The lowest BCUT2D eigenvalue weighted by Gasteiger charge is -2.41. The Morgan fingerprint density at radius 1 is 0.440 bits per heavy atom. The van der Waals surface area contributed by atoms with Crippen molar-refractivity contribution in [3.63, 3.8) is 0 Å². The van der Waals surface area contributed by atoms with Gasteiger partial charge in [-0.25, -0.2) is 0 Å². The first-order valence-corrected chi connectivity index (χ1v) is 16.8. The lowest BCUT2D eigenvalue weighted by atomic mass is 9.33. The zero-order valence-electron chi connectivity index (χ0n) is 26.7. The second-order valence-electron chi connectivity index (χ2n) is 13.1. The van der Waals surface area contributed by atoms with Gasteiger partial charge in [0.25, 0.3) is 6.71 Å². The molecule has 0 spiro atoms. The molecule has 2 aromatic heterocycles. The van der Waals surface area contributed by atoms with Crippen molar-refractivity contribution in [2.45, 2.75) is 0 Å². The zero-order chi connectivity index (χ0) is 33.1. The molecule has 0 N–H and O–H groups in total. The fourth-order valence-electron chi connectivity index (χ4n) is 8.96. The standard InChI is InChI=1S/C44H24BN5/c46-25-32-41(49-36-21-8-4-15-28(36)29-16-5-9-22-37(29)49)33(26-47)44-40-43(32)48(27-13-2-1-3-14-27)39-24-11-7-19-34(39)45(40)35-20-12-18-31-30-17-6-10-23-38(30)50(44)42(31)35/h1-24H. The summed E-state index contributed by atoms with van der Waals surface area (Å²) in [7, 11) is 0. The summed E-state index contributed by atoms with van der Waals surface area (Å²) in [6.45, 7) is -0.192. The first kappa shape index (κ1) is 27.0. The van der Waals surface area contributed by atoms with Gasteiger partial charge in [0, 0.05) is 38.4 Å². The number of para-hydroxylation sites is 6. The second-order valence-corrected chi connectivity index (χ2v) is 13.1. The second kappa shape index (κ2) is 9.76. The van der Waals surface area contributed by atoms with E-state index in [1.165, 1.54) is 5.46 Å². The van der Waals surface area contributed by atoms with Crippen LogP contribution >= 0.6 is 0 Å². The molecule has 0 saturated carbocycles. The van der Waals surface area contributed by atoms with Gasteiger partial charge >= 0.3 is 0 Å². The lowest BCUT2D eigenvalue weighted by Crippen LogP contribution is -2.61. The van der Waals surface area contributed by atoms with E-state index in [2.05, 4.69) is 129 Å². The van der Waals surface area contributed by atoms with E-state index in [0.717, 1.165) is 77.3 Å². The van der Waals surface area contributed by atoms with Gasteiger partial charge in [0.1, 0.15) is 23.3 Å². The predicted octanol–water partition coefficient (Wildman–Crippen LogP) is 8.24. The van der Waals surface area contributed by atoms with Crippen molar-refractivity contribution in [1.82, 2.24) is 9.13 Å². The van der Waals surface area contributed by atoms with E-state index in [1.807, 2.05) is 42.5 Å². The van der Waals surface area contributed by atoms with E-state index in [0.29, 0.717) is 16.8 Å². The average molecular weight is 634 g/mol. The van der Waals surface area contributed by atoms with Crippen LogP contribution in [-0.2, 0) is 0 Å². The molecular weight excluding hydrogens is 609 g/mol. The molecule has 0 fully saturated rings. The number of fused-ring (bicyclic) bond motifs is 10. The third kappa shape index (κ3) is 3.21. The monoisotopic (exact) mass is 633 g/mol. The van der Waals surface area contributed by atoms with Crippen LogP contribution in [0, 0.1) is 22.7 Å². The fourth-order valence-corrected chi connectivity index (χ4v) is 8.96. The minimum Gasteiger partial charge on any atom is -0.310 e. The van der Waals surface area contributed by atoms with Crippen molar-refractivity contribution in [2.75, 3.05) is 4.90 Å². The minimum atomic E-state index is -0.192. The molecule has 2 aliphatic rings. The van der Waals surface area contributed by atoms with Gasteiger partial charge in [0.05, 0.1) is 33.6 Å². The lowest BCUT2D eigenvalue weighted by molar-refractivity contribution is 1.10. The highest BCUT2D eigenvalue weighted by molar-refractivity contribution is 7.00. The summed E-state index contributed by atoms with van der Waals surface area (Å²) in [5.74, 6) is 0. The van der Waals surface area contributed by atoms with Crippen LogP contribution in [0.5, 0.6) is 0 Å². The Kier molecular flexibility index (Phi) is 5.27. The Morgan fingerprint density at radius 3 is 1.64 bits per heavy atom. The van der Waals surface area contributed by atoms with E-state index >= 15 is 0 Å². The number of benzene rings is 7. The first-order chi connectivity index (χ1) is 24.8. The van der Waals surface area contributed by atoms with Crippen LogP contribution in [0.3, 0.4) is 0 Å². The number of rotatable bonds is 2. The van der Waals surface area contributed by atoms with Crippen molar-refractivity contribution in [1.29, 1.82) is 10.5 Å². The molecule has 50 heavy (non-hydrogen) atoms. The van der Waals surface area contributed by atoms with Gasteiger partial charge in [-0.1, -0.05) is 109 Å². The summed E-state index contributed by atoms with van der Waals surface area (Å²) >= 11 is 0. The molecule has 5 nitrogen and oxygen atoms in total. The highest BCUT2D eigenvalue weighted by Crippen LogP contribution is 2.47. The van der Waals surface area contributed by atoms with E-state index in [4.69, 9.17) is 0 Å². The summed E-state index contributed by atoms with van der Waals surface area (Å²) in [5.41, 5.74) is 12.5. The predicted molar refractivity (Wildman–Crippen MR) is 204 cm³/mol. The van der Waals surface area contributed by atoms with Gasteiger partial charge in [0.2, 0.25) is 0 Å². The van der Waals surface area contributed by atoms with Crippen LogP contribution in [0.1, 0.15) is 11.1 Å². The topological polar surface area (TPSA) is 60.7 Å². The Balaban J connectivity index is 1.45. The Labute approximate surface area is 287 Å². The van der Waals surface area contributed by atoms with Gasteiger partial charge in [0.15, 0.2) is 0 Å². The molecule has 0 saturated heterocycles. The van der Waals surface area contributed by atoms with E-state index in [-0.39, 0.29) is 6.71 Å². The van der Waals surface area contributed by atoms with Crippen molar-refractivity contribution in [3.8, 4) is 23.5 Å². The number of aromatic nitrogens is 2. The van der Waals surface area contributed by atoms with Crippen LogP contribution in [0.15, 0.2) is 146 Å². The summed E-state index contributed by atoms with van der Waals surface area (Å²) in [5, 5.41) is 27.4. The van der Waals surface area contributed by atoms with Gasteiger partial charge in [-0.15, -0.1) is 0 Å². The zero-order valence-corrected chi connectivity index (χ0v) is 26.7. The van der Waals surface area contributed by atoms with Crippen LogP contribution in [-0.4, -0.2) is 15.8 Å². The van der Waals surface area contributed by atoms with Crippen LogP contribution in [0.2, 0.25) is 0 Å². The molecule has 0 radical (unpaired) electrons. The molecule has 6 heteroatoms. The molecule has 0 aliphatic carbocycles. The van der Waals surface area contributed by atoms with Gasteiger partial charge in [-0.2, -0.15) is 10.5 Å². The molecule has 0 atom stereocenters. The Bertz CT molecular complexity index is 2980. The van der Waals surface area contributed by atoms with Crippen molar-refractivity contribution >= 4 is 83.8 Å². The largest absolute Gasteiger partial charge is 0.310 e. The van der Waals surface area contributed by atoms with Crippen molar-refractivity contribution in [2.24, 2.45) is 0 Å². The van der Waals surface area contributed by atoms with Crippen molar-refractivity contribution < 1.29 is 0 Å². The molecule has 7 aromatic carbocycles. The van der Waals surface area contributed by atoms with Crippen LogP contribution in [0.4, 0.5) is 17.1 Å². The molecular formula is C44H24BN5. The quantitative estimate of drug-likeness (QED) is 0.180. The summed E-state index contributed by atoms with van der Waals surface area (Å²) in [4.78, 5) is 2.25. The Morgan fingerprint density at radius 2 is 0.960 bits per heavy atom. The summed E-state index contributed by atoms with van der Waals surface area (Å²) in [6.07, 6.45) is 0. The van der Waals surface area contributed by atoms with Gasteiger partial charge in [-0.3, -0.25) is 0 Å². The smallest absolute Gasteiger partial charge is 0.252 e. The molecule has 0 bridgehead atoms. The molecule has 4 heterocycles. The molecule has 0 unspecified atom stereocenters. The maximum atomic E-state index is 11.5. The average Bonchev–Trinajstić information content (AvgIpc) is 3.69. The van der Waals surface area contributed by atoms with E-state index in [9.17, 15) is 10.5 Å². The SMILES string of the molecule is N#Cc1c2c3c(c(C#N)c1-n1c4ccccc4c4ccccc41)-n1c4ccccc4c4cccc(c41)B3c1ccccc1N2c1ccccc1. The van der Waals surface area contributed by atoms with Gasteiger partial charge in [-0.05, 0) is 52.8 Å². The summed E-state index contributed by atoms with van der Waals surface area (Å²) in [6, 6.07) is 55.9. The Hall–Kier alpha value is -7.02. The molecule has 9 aromatic rings. The van der Waals surface area contributed by atoms with Gasteiger partial charge < -0.3 is 14.0 Å². The number of anilines is 3. The van der Waals surface area contributed by atoms with E-state index in [1.54, 1.807) is 0 Å². The highest BCUT2D eigenvalue weighted by atomic mass is 15.2. The first-order valence-electron chi connectivity index (χ1n) is 16.8. The third-order valence-corrected chi connectivity index (χ3v) is 10.8. The maximum absolute atomic E-state index is 11.5. The van der Waals surface area contributed by atoms with Crippen LogP contribution < -0.4 is 21.3 Å². The third-order valence-electron chi connectivity index (χ3n) is 10.8. The maximum Gasteiger partial charge on any atom is 0.252 e. The van der Waals surface area contributed by atoms with E-state index < -0.39 is 0 Å². The summed E-state index contributed by atoms with van der Waals surface area (Å²) < 4.78 is 4.46. The normalized spacial score (nSPS) is 12.7. The number of nitrogens with zero attached hydrogens (tertiary/aromatic N) is 5. The minimum absolute atomic E-state index is 0.192. The molecule has 2 aliphatic heterocycles. The van der Waals surface area contributed by atoms with Crippen LogP contribution in [0.25, 0.3) is 55.0 Å². The van der Waals surface area contributed by atoms with Crippen molar-refractivity contribution in [3.05, 3.63) is 157 Å². The highest BCUT2D eigenvalue weighted by Gasteiger charge is 2.45. The number of hydrogen-bond donors (Lipinski definition) is 0. The fraction of sp³-hybridized carbons (Fsp3) is 0. The number of nitriles is 2. The number of hydrogen-bond acceptors (Lipinski definition) is 3. The molecule has 11 rings (SSSR count).